The van der Waals surface area contributed by atoms with Crippen molar-refractivity contribution in [3.05, 3.63) is 60.2 Å². The maximum Gasteiger partial charge on any atom is 0.252 e. The summed E-state index contributed by atoms with van der Waals surface area (Å²) in [6.07, 6.45) is 5.08. The SMILES string of the molecule is C#CCNC(=O)c1ccc(N=Nc2ccccc2)cc1. The second-order valence-electron chi connectivity index (χ2n) is 3.97. The van der Waals surface area contributed by atoms with Crippen molar-refractivity contribution in [1.29, 1.82) is 0 Å². The van der Waals surface area contributed by atoms with Gasteiger partial charge in [0.1, 0.15) is 0 Å². The van der Waals surface area contributed by atoms with Crippen LogP contribution in [0.1, 0.15) is 10.4 Å². The van der Waals surface area contributed by atoms with Crippen molar-refractivity contribution >= 4 is 17.3 Å². The van der Waals surface area contributed by atoms with Gasteiger partial charge in [-0.2, -0.15) is 10.2 Å². The summed E-state index contributed by atoms with van der Waals surface area (Å²) in [6.45, 7) is 0.217. The fraction of sp³-hybridized carbons (Fsp3) is 0.0625. The molecule has 0 bridgehead atoms. The van der Waals surface area contributed by atoms with Crippen LogP contribution in [0.5, 0.6) is 0 Å². The van der Waals surface area contributed by atoms with Crippen molar-refractivity contribution in [2.24, 2.45) is 10.2 Å². The van der Waals surface area contributed by atoms with Crippen LogP contribution in [0.2, 0.25) is 0 Å². The Bertz CT molecular complexity index is 640. The average Bonchev–Trinajstić information content (AvgIpc) is 2.52. The number of terminal acetylenes is 1. The number of nitrogens with zero attached hydrogens (tertiary/aromatic N) is 2. The summed E-state index contributed by atoms with van der Waals surface area (Å²) in [5.74, 6) is 2.15. The van der Waals surface area contributed by atoms with Gasteiger partial charge in [0.25, 0.3) is 5.91 Å². The van der Waals surface area contributed by atoms with Gasteiger partial charge in [0.05, 0.1) is 17.9 Å². The van der Waals surface area contributed by atoms with Gasteiger partial charge >= 0.3 is 0 Å². The standard InChI is InChI=1S/C16H13N3O/c1-2-12-17-16(20)13-8-10-15(11-9-13)19-18-14-6-4-3-5-7-14/h1,3-11H,12H2,(H,17,20). The molecule has 0 saturated carbocycles. The lowest BCUT2D eigenvalue weighted by Crippen LogP contribution is -2.23. The Morgan fingerprint density at radius 1 is 1.00 bits per heavy atom. The molecule has 2 rings (SSSR count). The Balaban J connectivity index is 2.04. The summed E-state index contributed by atoms with van der Waals surface area (Å²) in [7, 11) is 0. The third kappa shape index (κ3) is 3.79. The minimum absolute atomic E-state index is 0.200. The van der Waals surface area contributed by atoms with Gasteiger partial charge < -0.3 is 5.32 Å². The molecule has 4 nitrogen and oxygen atoms in total. The summed E-state index contributed by atoms with van der Waals surface area (Å²) in [4.78, 5) is 11.6. The lowest BCUT2D eigenvalue weighted by atomic mass is 10.2. The van der Waals surface area contributed by atoms with Gasteiger partial charge in [-0.05, 0) is 36.4 Å². The summed E-state index contributed by atoms with van der Waals surface area (Å²) in [5.41, 5.74) is 2.00. The molecule has 0 radical (unpaired) electrons. The molecule has 0 aliphatic rings. The van der Waals surface area contributed by atoms with Crippen LogP contribution in [-0.4, -0.2) is 12.5 Å². The third-order valence-corrected chi connectivity index (χ3v) is 2.52. The Morgan fingerprint density at radius 3 is 2.20 bits per heavy atom. The number of azo groups is 1. The molecule has 0 aliphatic carbocycles. The van der Waals surface area contributed by atoms with Crippen molar-refractivity contribution in [2.75, 3.05) is 6.54 Å². The lowest BCUT2D eigenvalue weighted by molar-refractivity contribution is 0.0958. The Kier molecular flexibility index (Phi) is 4.63. The maximum absolute atomic E-state index is 11.6. The van der Waals surface area contributed by atoms with Gasteiger partial charge in [0, 0.05) is 5.56 Å². The zero-order valence-electron chi connectivity index (χ0n) is 10.8. The van der Waals surface area contributed by atoms with E-state index < -0.39 is 0 Å². The first-order chi connectivity index (χ1) is 9.79. The zero-order valence-corrected chi connectivity index (χ0v) is 10.8. The Labute approximate surface area is 117 Å². The maximum atomic E-state index is 11.6. The van der Waals surface area contributed by atoms with Gasteiger partial charge in [-0.3, -0.25) is 4.79 Å². The first kappa shape index (κ1) is 13.5. The number of benzene rings is 2. The monoisotopic (exact) mass is 263 g/mol. The molecule has 0 atom stereocenters. The molecular formula is C16H13N3O. The normalized spacial score (nSPS) is 10.2. The highest BCUT2D eigenvalue weighted by molar-refractivity contribution is 5.94. The molecule has 0 spiro atoms. The molecule has 4 heteroatoms. The number of hydrogen-bond acceptors (Lipinski definition) is 3. The smallest absolute Gasteiger partial charge is 0.252 e. The summed E-state index contributed by atoms with van der Waals surface area (Å²) in [5, 5.41) is 10.8. The van der Waals surface area contributed by atoms with Crippen LogP contribution in [0.4, 0.5) is 11.4 Å². The quantitative estimate of drug-likeness (QED) is 0.666. The highest BCUT2D eigenvalue weighted by Gasteiger charge is 2.03. The van der Waals surface area contributed by atoms with E-state index in [1.807, 2.05) is 30.3 Å². The van der Waals surface area contributed by atoms with Crippen LogP contribution in [0.25, 0.3) is 0 Å². The number of hydrogen-bond donors (Lipinski definition) is 1. The highest BCUT2D eigenvalue weighted by atomic mass is 16.1. The summed E-state index contributed by atoms with van der Waals surface area (Å²) >= 11 is 0. The van der Waals surface area contributed by atoms with Crippen LogP contribution in [0.15, 0.2) is 64.8 Å². The topological polar surface area (TPSA) is 53.8 Å². The fourth-order valence-corrected chi connectivity index (χ4v) is 1.52. The average molecular weight is 263 g/mol. The first-order valence-electron chi connectivity index (χ1n) is 6.08. The second kappa shape index (κ2) is 6.86. The molecule has 0 heterocycles. The molecule has 0 aromatic heterocycles. The number of rotatable bonds is 4. The first-order valence-corrected chi connectivity index (χ1v) is 6.08. The molecule has 20 heavy (non-hydrogen) atoms. The van der Waals surface area contributed by atoms with Gasteiger partial charge in [0.15, 0.2) is 0 Å². The minimum Gasteiger partial charge on any atom is -0.341 e. The number of nitrogens with one attached hydrogen (secondary N) is 1. The summed E-state index contributed by atoms with van der Waals surface area (Å²) in [6, 6.07) is 16.3. The van der Waals surface area contributed by atoms with Crippen molar-refractivity contribution in [1.82, 2.24) is 5.32 Å². The van der Waals surface area contributed by atoms with Crippen LogP contribution in [-0.2, 0) is 0 Å². The van der Waals surface area contributed by atoms with E-state index in [-0.39, 0.29) is 12.5 Å². The van der Waals surface area contributed by atoms with Crippen LogP contribution in [0.3, 0.4) is 0 Å². The van der Waals surface area contributed by atoms with Gasteiger partial charge in [-0.1, -0.05) is 24.1 Å². The van der Waals surface area contributed by atoms with E-state index in [0.717, 1.165) is 5.69 Å². The molecule has 98 valence electrons. The van der Waals surface area contributed by atoms with E-state index in [0.29, 0.717) is 11.3 Å². The molecule has 0 unspecified atom stereocenters. The number of carbonyl (C=O) groups excluding carboxylic acids is 1. The van der Waals surface area contributed by atoms with Crippen LogP contribution >= 0.6 is 0 Å². The highest BCUT2D eigenvalue weighted by Crippen LogP contribution is 2.18. The lowest BCUT2D eigenvalue weighted by Gasteiger charge is -2.01. The predicted octanol–water partition coefficient (Wildman–Crippen LogP) is 3.47. The minimum atomic E-state index is -0.200. The molecule has 0 fully saturated rings. The van der Waals surface area contributed by atoms with Gasteiger partial charge in [-0.25, -0.2) is 0 Å². The molecule has 2 aromatic carbocycles. The molecule has 0 aliphatic heterocycles. The van der Waals surface area contributed by atoms with E-state index in [9.17, 15) is 4.79 Å². The molecule has 1 amide bonds. The van der Waals surface area contributed by atoms with Crippen molar-refractivity contribution in [2.45, 2.75) is 0 Å². The van der Waals surface area contributed by atoms with E-state index >= 15 is 0 Å². The van der Waals surface area contributed by atoms with E-state index in [1.54, 1.807) is 24.3 Å². The largest absolute Gasteiger partial charge is 0.341 e. The van der Waals surface area contributed by atoms with E-state index in [1.165, 1.54) is 0 Å². The summed E-state index contributed by atoms with van der Waals surface area (Å²) < 4.78 is 0. The zero-order chi connectivity index (χ0) is 14.2. The predicted molar refractivity (Wildman–Crippen MR) is 78.2 cm³/mol. The molecule has 2 aromatic rings. The van der Waals surface area contributed by atoms with Crippen LogP contribution in [0, 0.1) is 12.3 Å². The van der Waals surface area contributed by atoms with E-state index in [4.69, 9.17) is 6.42 Å². The Morgan fingerprint density at radius 2 is 1.60 bits per heavy atom. The van der Waals surface area contributed by atoms with Crippen molar-refractivity contribution < 1.29 is 4.79 Å². The number of carbonyl (C=O) groups is 1. The molecule has 1 N–H and O–H groups in total. The Hall–Kier alpha value is -2.93. The van der Waals surface area contributed by atoms with E-state index in [2.05, 4.69) is 21.5 Å². The van der Waals surface area contributed by atoms with Gasteiger partial charge in [0.2, 0.25) is 0 Å². The fourth-order valence-electron chi connectivity index (χ4n) is 1.52. The van der Waals surface area contributed by atoms with Crippen molar-refractivity contribution in [3.8, 4) is 12.3 Å². The van der Waals surface area contributed by atoms with Crippen molar-refractivity contribution in [3.63, 3.8) is 0 Å². The second-order valence-corrected chi connectivity index (χ2v) is 3.97. The third-order valence-electron chi connectivity index (χ3n) is 2.52. The number of amides is 1. The molecule has 0 saturated heterocycles. The van der Waals surface area contributed by atoms with Gasteiger partial charge in [-0.15, -0.1) is 6.42 Å². The molecular weight excluding hydrogens is 250 g/mol. The van der Waals surface area contributed by atoms with Crippen LogP contribution < -0.4 is 5.32 Å².